The van der Waals surface area contributed by atoms with E-state index in [1.165, 1.54) is 50.6 Å². The van der Waals surface area contributed by atoms with Crippen LogP contribution in [-0.2, 0) is 12.8 Å². The Morgan fingerprint density at radius 1 is 0.676 bits per heavy atom. The van der Waals surface area contributed by atoms with E-state index in [0.717, 1.165) is 12.8 Å². The molecule has 0 fully saturated rings. The molecule has 0 radical (unpaired) electrons. The molecule has 0 heterocycles. The number of allylic oxidation sites excluding steroid dienone is 4. The molecule has 0 nitrogen and oxygen atoms in total. The standard InChI is InChI=1S/C33H40Si/c1-8-27-18-28(9-2)20-30(19-27)34(33-22(3)14-13-15-23(33)4)21-31-25(6)24(5)26(7)32(31)29-16-11-10-12-17-29/h10-20,32,34H,8-9,21H2,1-7H3. The molecule has 3 aromatic carbocycles. The third-order valence-corrected chi connectivity index (χ3v) is 11.8. The van der Waals surface area contributed by atoms with E-state index in [2.05, 4.69) is 115 Å². The Bertz CT molecular complexity index is 1200. The van der Waals surface area contributed by atoms with Gasteiger partial charge in [-0.1, -0.05) is 113 Å². The van der Waals surface area contributed by atoms with Crippen LogP contribution < -0.4 is 10.4 Å². The van der Waals surface area contributed by atoms with Crippen molar-refractivity contribution in [2.45, 2.75) is 73.3 Å². The Kier molecular flexibility index (Phi) is 7.43. The molecule has 0 saturated carbocycles. The minimum Gasteiger partial charge on any atom is -0.0622 e. The van der Waals surface area contributed by atoms with Crippen LogP contribution in [0.25, 0.3) is 0 Å². The maximum absolute atomic E-state index is 2.54. The summed E-state index contributed by atoms with van der Waals surface area (Å²) in [5, 5.41) is 3.26. The summed E-state index contributed by atoms with van der Waals surface area (Å²) in [5.74, 6) is 0.417. The predicted molar refractivity (Wildman–Crippen MR) is 153 cm³/mol. The highest BCUT2D eigenvalue weighted by molar-refractivity contribution is 6.86. The lowest BCUT2D eigenvalue weighted by molar-refractivity contribution is 0.932. The summed E-state index contributed by atoms with van der Waals surface area (Å²) < 4.78 is 0. The number of hydrogen-bond acceptors (Lipinski definition) is 0. The number of hydrogen-bond donors (Lipinski definition) is 0. The maximum atomic E-state index is 2.54. The van der Waals surface area contributed by atoms with Crippen molar-refractivity contribution in [3.63, 3.8) is 0 Å². The molecule has 0 bridgehead atoms. The number of aryl methyl sites for hydroxylation is 4. The van der Waals surface area contributed by atoms with Gasteiger partial charge in [0.05, 0.1) is 0 Å². The van der Waals surface area contributed by atoms with Crippen molar-refractivity contribution in [3.8, 4) is 0 Å². The van der Waals surface area contributed by atoms with Gasteiger partial charge in [0, 0.05) is 5.92 Å². The summed E-state index contributed by atoms with van der Waals surface area (Å²) in [6.45, 7) is 16.3. The molecule has 2 unspecified atom stereocenters. The first-order valence-electron chi connectivity index (χ1n) is 13.0. The van der Waals surface area contributed by atoms with Gasteiger partial charge in [-0.3, -0.25) is 0 Å². The van der Waals surface area contributed by atoms with Crippen LogP contribution in [-0.4, -0.2) is 8.80 Å². The average Bonchev–Trinajstić information content (AvgIpc) is 3.06. The van der Waals surface area contributed by atoms with Crippen LogP contribution in [0.4, 0.5) is 0 Å². The van der Waals surface area contributed by atoms with Gasteiger partial charge in [0.25, 0.3) is 0 Å². The largest absolute Gasteiger partial charge is 0.107 e. The number of benzene rings is 3. The Balaban J connectivity index is 1.89. The second kappa shape index (κ2) is 10.3. The zero-order chi connectivity index (χ0) is 24.4. The first-order valence-corrected chi connectivity index (χ1v) is 14.9. The molecular formula is C33H40Si. The van der Waals surface area contributed by atoms with Gasteiger partial charge in [0.2, 0.25) is 0 Å². The van der Waals surface area contributed by atoms with Crippen LogP contribution in [0.3, 0.4) is 0 Å². The molecular weight excluding hydrogens is 424 g/mol. The Morgan fingerprint density at radius 3 is 1.82 bits per heavy atom. The third-order valence-electron chi connectivity index (χ3n) is 8.16. The molecule has 34 heavy (non-hydrogen) atoms. The maximum Gasteiger partial charge on any atom is 0.107 e. The van der Waals surface area contributed by atoms with Gasteiger partial charge in [-0.25, -0.2) is 0 Å². The van der Waals surface area contributed by atoms with Crippen LogP contribution in [0.15, 0.2) is 89.0 Å². The fourth-order valence-electron chi connectivity index (χ4n) is 5.98. The molecule has 176 valence electrons. The summed E-state index contributed by atoms with van der Waals surface area (Å²) in [4.78, 5) is 0. The monoisotopic (exact) mass is 464 g/mol. The van der Waals surface area contributed by atoms with E-state index in [1.807, 2.05) is 0 Å². The Labute approximate surface area is 209 Å². The van der Waals surface area contributed by atoms with Crippen LogP contribution >= 0.6 is 0 Å². The van der Waals surface area contributed by atoms with Crippen LogP contribution in [0, 0.1) is 13.8 Å². The van der Waals surface area contributed by atoms with E-state index in [1.54, 1.807) is 15.9 Å². The predicted octanol–water partition coefficient (Wildman–Crippen LogP) is 7.22. The molecule has 1 aliphatic carbocycles. The van der Waals surface area contributed by atoms with Gasteiger partial charge in [0.15, 0.2) is 0 Å². The van der Waals surface area contributed by atoms with Gasteiger partial charge < -0.3 is 0 Å². The lowest BCUT2D eigenvalue weighted by Gasteiger charge is -2.27. The molecule has 1 heteroatoms. The van der Waals surface area contributed by atoms with Crippen molar-refractivity contribution < 1.29 is 0 Å². The minimum atomic E-state index is -1.51. The van der Waals surface area contributed by atoms with E-state index < -0.39 is 8.80 Å². The lowest BCUT2D eigenvalue weighted by Crippen LogP contribution is -2.45. The van der Waals surface area contributed by atoms with Crippen molar-refractivity contribution >= 4 is 19.2 Å². The summed E-state index contributed by atoms with van der Waals surface area (Å²) >= 11 is 0. The molecule has 1 aliphatic rings. The fraction of sp³-hybridized carbons (Fsp3) is 0.333. The van der Waals surface area contributed by atoms with E-state index >= 15 is 0 Å². The van der Waals surface area contributed by atoms with Crippen molar-refractivity contribution in [2.75, 3.05) is 0 Å². The van der Waals surface area contributed by atoms with Gasteiger partial charge >= 0.3 is 0 Å². The molecule has 2 atom stereocenters. The van der Waals surface area contributed by atoms with Crippen LogP contribution in [0.1, 0.15) is 68.4 Å². The van der Waals surface area contributed by atoms with Gasteiger partial charge in [0.1, 0.15) is 8.80 Å². The van der Waals surface area contributed by atoms with Gasteiger partial charge in [-0.2, -0.15) is 0 Å². The normalized spacial score (nSPS) is 17.0. The molecule has 3 aromatic rings. The second-order valence-electron chi connectivity index (χ2n) is 10.2. The van der Waals surface area contributed by atoms with Gasteiger partial charge in [-0.05, 0) is 81.3 Å². The van der Waals surface area contributed by atoms with Crippen molar-refractivity contribution in [1.82, 2.24) is 0 Å². The molecule has 0 spiro atoms. The first-order chi connectivity index (χ1) is 16.3. The molecule has 0 amide bonds. The van der Waals surface area contributed by atoms with E-state index in [0.29, 0.717) is 5.92 Å². The zero-order valence-electron chi connectivity index (χ0n) is 22.1. The first kappa shape index (κ1) is 24.5. The molecule has 0 saturated heterocycles. The molecule has 0 N–H and O–H groups in total. The van der Waals surface area contributed by atoms with Crippen molar-refractivity contribution in [3.05, 3.63) is 117 Å². The fourth-order valence-corrected chi connectivity index (χ4v) is 9.86. The van der Waals surface area contributed by atoms with E-state index in [4.69, 9.17) is 0 Å². The summed E-state index contributed by atoms with van der Waals surface area (Å²) in [6, 6.07) is 26.7. The molecule has 4 rings (SSSR count). The highest BCUT2D eigenvalue weighted by Crippen LogP contribution is 2.45. The van der Waals surface area contributed by atoms with Crippen molar-refractivity contribution in [2.24, 2.45) is 0 Å². The quantitative estimate of drug-likeness (QED) is 0.324. The van der Waals surface area contributed by atoms with Crippen LogP contribution in [0.2, 0.25) is 6.04 Å². The summed E-state index contributed by atoms with van der Waals surface area (Å²) in [5.41, 5.74) is 13.5. The Morgan fingerprint density at radius 2 is 1.26 bits per heavy atom. The average molecular weight is 465 g/mol. The minimum absolute atomic E-state index is 0.417. The highest BCUT2D eigenvalue weighted by Gasteiger charge is 2.32. The highest BCUT2D eigenvalue weighted by atomic mass is 28.3. The molecule has 0 aromatic heterocycles. The van der Waals surface area contributed by atoms with Crippen molar-refractivity contribution in [1.29, 1.82) is 0 Å². The third kappa shape index (κ3) is 4.64. The van der Waals surface area contributed by atoms with E-state index in [9.17, 15) is 0 Å². The Hall–Kier alpha value is -2.64. The lowest BCUT2D eigenvalue weighted by atomic mass is 9.89. The number of rotatable bonds is 7. The zero-order valence-corrected chi connectivity index (χ0v) is 23.3. The molecule has 0 aliphatic heterocycles. The van der Waals surface area contributed by atoms with Crippen LogP contribution in [0.5, 0.6) is 0 Å². The summed E-state index contributed by atoms with van der Waals surface area (Å²) in [7, 11) is -1.51. The van der Waals surface area contributed by atoms with E-state index in [-0.39, 0.29) is 0 Å². The SMILES string of the molecule is CCc1cc(CC)cc([SiH](CC2=C(C)C(C)=C(C)C2c2ccccc2)c2c(C)cccc2C)c1. The van der Waals surface area contributed by atoms with Gasteiger partial charge in [-0.15, -0.1) is 0 Å². The topological polar surface area (TPSA) is 0 Å². The second-order valence-corrected chi connectivity index (χ2v) is 12.9. The smallest absolute Gasteiger partial charge is 0.0622 e. The summed E-state index contributed by atoms with van der Waals surface area (Å²) in [6.07, 6.45) is 2.20.